The van der Waals surface area contributed by atoms with Crippen LogP contribution in [0.25, 0.3) is 0 Å². The number of hydrogen-bond acceptors (Lipinski definition) is 5. The summed E-state index contributed by atoms with van der Waals surface area (Å²) < 4.78 is 18.5. The SMILES string of the molecule is COC(=O)[C@@]1(CC(=O)N2CCCCCC2)C(=O)C[C@H]2CC[C@H]1N2Cc1ccc(F)cc1. The Morgan fingerprint density at radius 3 is 2.42 bits per heavy atom. The zero-order valence-electron chi connectivity index (χ0n) is 18.1. The van der Waals surface area contributed by atoms with Crippen molar-refractivity contribution in [3.8, 4) is 0 Å². The zero-order valence-corrected chi connectivity index (χ0v) is 18.1. The summed E-state index contributed by atoms with van der Waals surface area (Å²) in [6.45, 7) is 1.87. The molecule has 1 aromatic carbocycles. The lowest BCUT2D eigenvalue weighted by Crippen LogP contribution is -2.61. The van der Waals surface area contributed by atoms with Gasteiger partial charge in [-0.1, -0.05) is 25.0 Å². The van der Waals surface area contributed by atoms with Crippen molar-refractivity contribution < 1.29 is 23.5 Å². The number of fused-ring (bicyclic) bond motifs is 2. The molecule has 0 aliphatic carbocycles. The molecule has 3 saturated heterocycles. The Kier molecular flexibility index (Phi) is 6.42. The predicted molar refractivity (Wildman–Crippen MR) is 112 cm³/mol. The Balaban J connectivity index is 1.63. The molecular formula is C24H31FN2O4. The fraction of sp³-hybridized carbons (Fsp3) is 0.625. The lowest BCUT2D eigenvalue weighted by molar-refractivity contribution is -0.171. The lowest BCUT2D eigenvalue weighted by atomic mass is 9.69. The fourth-order valence-corrected chi connectivity index (χ4v) is 5.70. The molecule has 1 aromatic rings. The summed E-state index contributed by atoms with van der Waals surface area (Å²) in [5.74, 6) is -1.21. The number of amides is 1. The van der Waals surface area contributed by atoms with Gasteiger partial charge in [0.2, 0.25) is 5.91 Å². The summed E-state index contributed by atoms with van der Waals surface area (Å²) in [5, 5.41) is 0. The summed E-state index contributed by atoms with van der Waals surface area (Å²) in [4.78, 5) is 43.7. The monoisotopic (exact) mass is 430 g/mol. The molecular weight excluding hydrogens is 399 g/mol. The van der Waals surface area contributed by atoms with E-state index >= 15 is 0 Å². The predicted octanol–water partition coefficient (Wildman–Crippen LogP) is 3.08. The molecule has 0 radical (unpaired) electrons. The van der Waals surface area contributed by atoms with Gasteiger partial charge in [0, 0.05) is 38.1 Å². The van der Waals surface area contributed by atoms with Crippen molar-refractivity contribution in [2.75, 3.05) is 20.2 Å². The highest BCUT2D eigenvalue weighted by molar-refractivity contribution is 6.08. The molecule has 168 valence electrons. The van der Waals surface area contributed by atoms with Crippen LogP contribution in [0.4, 0.5) is 4.39 Å². The van der Waals surface area contributed by atoms with E-state index in [2.05, 4.69) is 4.90 Å². The first-order chi connectivity index (χ1) is 15.0. The number of esters is 1. The number of hydrogen-bond donors (Lipinski definition) is 0. The quantitative estimate of drug-likeness (QED) is 0.531. The van der Waals surface area contributed by atoms with Crippen LogP contribution in [0, 0.1) is 11.2 Å². The second-order valence-corrected chi connectivity index (χ2v) is 9.11. The van der Waals surface area contributed by atoms with Crippen LogP contribution < -0.4 is 0 Å². The smallest absolute Gasteiger partial charge is 0.321 e. The summed E-state index contributed by atoms with van der Waals surface area (Å²) in [5.41, 5.74) is -0.546. The maximum atomic E-state index is 13.4. The number of rotatable bonds is 5. The van der Waals surface area contributed by atoms with Gasteiger partial charge in [0.05, 0.1) is 13.5 Å². The van der Waals surface area contributed by atoms with Crippen LogP contribution >= 0.6 is 0 Å². The van der Waals surface area contributed by atoms with E-state index in [1.165, 1.54) is 19.2 Å². The van der Waals surface area contributed by atoms with Gasteiger partial charge in [0.15, 0.2) is 11.2 Å². The number of likely N-dealkylation sites (tertiary alicyclic amines) is 1. The number of piperidine rings is 1. The molecule has 0 saturated carbocycles. The standard InChI is InChI=1S/C24H31FN2O4/c1-31-23(30)24(15-22(29)26-12-4-2-3-5-13-26)20-11-10-19(14-21(24)28)27(20)16-17-6-8-18(25)9-7-17/h6-9,19-20H,2-5,10-16H2,1H3/t19-,20-,24-/m1/s1. The van der Waals surface area contributed by atoms with Gasteiger partial charge in [-0.25, -0.2) is 4.39 Å². The first-order valence-corrected chi connectivity index (χ1v) is 11.4. The van der Waals surface area contributed by atoms with E-state index in [9.17, 15) is 18.8 Å². The van der Waals surface area contributed by atoms with Crippen LogP contribution in [0.2, 0.25) is 0 Å². The van der Waals surface area contributed by atoms with Crippen LogP contribution in [0.1, 0.15) is 56.9 Å². The summed E-state index contributed by atoms with van der Waals surface area (Å²) >= 11 is 0. The van der Waals surface area contributed by atoms with E-state index < -0.39 is 11.4 Å². The Morgan fingerprint density at radius 1 is 1.10 bits per heavy atom. The molecule has 3 heterocycles. The Bertz CT molecular complexity index is 834. The molecule has 3 fully saturated rings. The van der Waals surface area contributed by atoms with E-state index in [1.54, 1.807) is 12.1 Å². The van der Waals surface area contributed by atoms with Gasteiger partial charge >= 0.3 is 5.97 Å². The van der Waals surface area contributed by atoms with Crippen LogP contribution in [-0.2, 0) is 25.7 Å². The fourth-order valence-electron chi connectivity index (χ4n) is 5.70. The average Bonchev–Trinajstić information content (AvgIpc) is 2.94. The third-order valence-electron chi connectivity index (χ3n) is 7.35. The van der Waals surface area contributed by atoms with Crippen molar-refractivity contribution >= 4 is 17.7 Å². The number of carbonyl (C=O) groups is 3. The minimum atomic E-state index is -1.47. The molecule has 3 atom stereocenters. The first-order valence-electron chi connectivity index (χ1n) is 11.4. The second kappa shape index (κ2) is 9.07. The Labute approximate surface area is 182 Å². The minimum Gasteiger partial charge on any atom is -0.468 e. The van der Waals surface area contributed by atoms with Crippen LogP contribution in [0.15, 0.2) is 24.3 Å². The number of methoxy groups -OCH3 is 1. The number of halogens is 1. The van der Waals surface area contributed by atoms with Gasteiger partial charge in [0.1, 0.15) is 5.82 Å². The highest BCUT2D eigenvalue weighted by Gasteiger charge is 2.62. The number of ketones is 1. The van der Waals surface area contributed by atoms with E-state index in [-0.39, 0.29) is 42.4 Å². The van der Waals surface area contributed by atoms with Gasteiger partial charge in [-0.05, 0) is 43.4 Å². The molecule has 0 N–H and O–H groups in total. The van der Waals surface area contributed by atoms with Crippen molar-refractivity contribution in [2.24, 2.45) is 5.41 Å². The third kappa shape index (κ3) is 4.12. The van der Waals surface area contributed by atoms with Gasteiger partial charge in [-0.15, -0.1) is 0 Å². The zero-order chi connectivity index (χ0) is 22.0. The van der Waals surface area contributed by atoms with E-state index in [0.717, 1.165) is 37.7 Å². The van der Waals surface area contributed by atoms with Gasteiger partial charge in [-0.2, -0.15) is 0 Å². The summed E-state index contributed by atoms with van der Waals surface area (Å²) in [7, 11) is 1.29. The lowest BCUT2D eigenvalue weighted by Gasteiger charge is -2.45. The molecule has 0 spiro atoms. The van der Waals surface area contributed by atoms with E-state index in [0.29, 0.717) is 26.1 Å². The van der Waals surface area contributed by atoms with Crippen molar-refractivity contribution in [3.05, 3.63) is 35.6 Å². The average molecular weight is 431 g/mol. The first kappa shape index (κ1) is 21.9. The maximum absolute atomic E-state index is 13.4. The van der Waals surface area contributed by atoms with Crippen molar-refractivity contribution in [1.82, 2.24) is 9.80 Å². The number of nitrogens with zero attached hydrogens (tertiary/aromatic N) is 2. The molecule has 2 bridgehead atoms. The van der Waals surface area contributed by atoms with E-state index in [1.807, 2.05) is 4.90 Å². The van der Waals surface area contributed by atoms with Crippen molar-refractivity contribution in [3.63, 3.8) is 0 Å². The van der Waals surface area contributed by atoms with E-state index in [4.69, 9.17) is 4.74 Å². The number of ether oxygens (including phenoxy) is 1. The topological polar surface area (TPSA) is 66.9 Å². The third-order valence-corrected chi connectivity index (χ3v) is 7.35. The molecule has 3 aliphatic heterocycles. The van der Waals surface area contributed by atoms with Crippen molar-refractivity contribution in [1.29, 1.82) is 0 Å². The Morgan fingerprint density at radius 2 is 1.77 bits per heavy atom. The van der Waals surface area contributed by atoms with Gasteiger partial charge < -0.3 is 9.64 Å². The normalized spacial score (nSPS) is 29.0. The number of benzene rings is 1. The molecule has 0 unspecified atom stereocenters. The van der Waals surface area contributed by atoms with Crippen LogP contribution in [-0.4, -0.2) is 59.7 Å². The second-order valence-electron chi connectivity index (χ2n) is 9.11. The largest absolute Gasteiger partial charge is 0.468 e. The molecule has 6 nitrogen and oxygen atoms in total. The van der Waals surface area contributed by atoms with Crippen LogP contribution in [0.3, 0.4) is 0 Å². The molecule has 31 heavy (non-hydrogen) atoms. The molecule has 0 aromatic heterocycles. The highest BCUT2D eigenvalue weighted by Crippen LogP contribution is 2.48. The number of carbonyl (C=O) groups excluding carboxylic acids is 3. The Hall–Kier alpha value is -2.28. The maximum Gasteiger partial charge on any atom is 0.321 e. The molecule has 7 heteroatoms. The molecule has 4 rings (SSSR count). The van der Waals surface area contributed by atoms with Gasteiger partial charge in [-0.3, -0.25) is 19.3 Å². The summed E-state index contributed by atoms with van der Waals surface area (Å²) in [6.07, 6.45) is 5.67. The summed E-state index contributed by atoms with van der Waals surface area (Å²) in [6, 6.07) is 5.95. The number of Topliss-reactive ketones (excluding diaryl/α,β-unsaturated/α-hetero) is 1. The molecule has 1 amide bonds. The van der Waals surface area contributed by atoms with Gasteiger partial charge in [0.25, 0.3) is 0 Å². The minimum absolute atomic E-state index is 0.0358. The van der Waals surface area contributed by atoms with Crippen molar-refractivity contribution in [2.45, 2.75) is 70.0 Å². The van der Waals surface area contributed by atoms with Crippen LogP contribution in [0.5, 0.6) is 0 Å². The molecule has 3 aliphatic rings. The highest BCUT2D eigenvalue weighted by atomic mass is 19.1.